The summed E-state index contributed by atoms with van der Waals surface area (Å²) in [4.78, 5) is 11.8. The number of ether oxygens (including phenoxy) is 4. The molecule has 8 nitrogen and oxygen atoms in total. The molecule has 6 rings (SSSR count). The number of carbonyl (C=O) groups is 1. The average Bonchev–Trinajstić information content (AvgIpc) is 3.41. The van der Waals surface area contributed by atoms with Crippen molar-refractivity contribution in [1.29, 1.82) is 0 Å². The van der Waals surface area contributed by atoms with E-state index in [0.717, 1.165) is 63.4 Å². The number of hydrogen-bond acceptors (Lipinski definition) is 8. The van der Waals surface area contributed by atoms with Gasteiger partial charge in [-0.3, -0.25) is 0 Å². The molecule has 0 radical (unpaired) electrons. The minimum absolute atomic E-state index is 0.0813. The quantitative estimate of drug-likeness (QED) is 0.285. The molecule has 0 aromatic heterocycles. The number of methoxy groups -OCH3 is 1. The number of aliphatic hydroxyl groups is 3. The summed E-state index contributed by atoms with van der Waals surface area (Å²) in [5.41, 5.74) is 0.257. The molecule has 6 aliphatic rings. The molecule has 38 heavy (non-hydrogen) atoms. The van der Waals surface area contributed by atoms with Crippen molar-refractivity contribution >= 4 is 5.97 Å². The molecule has 214 valence electrons. The zero-order chi connectivity index (χ0) is 27.1. The fourth-order valence-electron chi connectivity index (χ4n) is 10.1. The molecule has 0 aromatic carbocycles. The van der Waals surface area contributed by atoms with Crippen LogP contribution in [0.15, 0.2) is 11.6 Å². The summed E-state index contributed by atoms with van der Waals surface area (Å²) in [5.74, 6) is -0.607. The van der Waals surface area contributed by atoms with Crippen LogP contribution in [-0.2, 0) is 23.7 Å². The van der Waals surface area contributed by atoms with E-state index in [1.54, 1.807) is 13.0 Å². The van der Waals surface area contributed by atoms with Crippen LogP contribution in [0, 0.1) is 34.5 Å². The highest BCUT2D eigenvalue weighted by Crippen LogP contribution is 2.70. The molecule has 5 fully saturated rings. The molecule has 0 amide bonds. The van der Waals surface area contributed by atoms with E-state index in [4.69, 9.17) is 18.9 Å². The summed E-state index contributed by atoms with van der Waals surface area (Å²) in [6.45, 7) is 6.80. The van der Waals surface area contributed by atoms with Gasteiger partial charge in [0.2, 0.25) is 0 Å². The minimum atomic E-state index is -1.75. The lowest BCUT2D eigenvalue weighted by molar-refractivity contribution is -0.425. The van der Waals surface area contributed by atoms with E-state index in [2.05, 4.69) is 13.8 Å². The molecule has 12 atom stereocenters. The van der Waals surface area contributed by atoms with E-state index in [-0.39, 0.29) is 41.2 Å². The van der Waals surface area contributed by atoms with Crippen molar-refractivity contribution < 1.29 is 39.1 Å². The molecule has 1 saturated heterocycles. The number of fused-ring (bicyclic) bond motifs is 5. The van der Waals surface area contributed by atoms with Crippen LogP contribution in [-0.4, -0.2) is 71.0 Å². The van der Waals surface area contributed by atoms with Crippen molar-refractivity contribution in [2.24, 2.45) is 34.5 Å². The smallest absolute Gasteiger partial charge is 0.331 e. The Kier molecular flexibility index (Phi) is 6.61. The van der Waals surface area contributed by atoms with Crippen molar-refractivity contribution in [2.45, 2.75) is 121 Å². The second-order valence-corrected chi connectivity index (χ2v) is 13.8. The summed E-state index contributed by atoms with van der Waals surface area (Å²) in [5, 5.41) is 33.9. The van der Waals surface area contributed by atoms with Gasteiger partial charge in [0.05, 0.1) is 30.3 Å². The summed E-state index contributed by atoms with van der Waals surface area (Å²) in [7, 11) is 1.53. The van der Waals surface area contributed by atoms with Gasteiger partial charge in [-0.1, -0.05) is 13.8 Å². The van der Waals surface area contributed by atoms with Gasteiger partial charge in [-0.25, -0.2) is 4.79 Å². The highest BCUT2D eigenvalue weighted by Gasteiger charge is 2.68. The van der Waals surface area contributed by atoms with Crippen LogP contribution in [0.3, 0.4) is 0 Å². The molecule has 3 N–H and O–H groups in total. The van der Waals surface area contributed by atoms with Gasteiger partial charge in [0, 0.05) is 18.6 Å². The second-order valence-electron chi connectivity index (χ2n) is 13.8. The molecule has 0 aromatic rings. The summed E-state index contributed by atoms with van der Waals surface area (Å²) < 4.78 is 22.6. The van der Waals surface area contributed by atoms with Crippen LogP contribution in [0.5, 0.6) is 0 Å². The highest BCUT2D eigenvalue weighted by molar-refractivity contribution is 5.85. The van der Waals surface area contributed by atoms with Crippen LogP contribution < -0.4 is 0 Å². The Bertz CT molecular complexity index is 983. The molecule has 2 heterocycles. The molecule has 0 spiro atoms. The Morgan fingerprint density at radius 1 is 1.03 bits per heavy atom. The largest absolute Gasteiger partial charge is 0.458 e. The molecular formula is C30H46O8. The lowest BCUT2D eigenvalue weighted by Gasteiger charge is -2.64. The SMILES string of the molecule is COC1CC(O)(OC2CCC3(C)C(CCC4C3CCC3(C)C(C5=CC(=O)OC5)CCC43O)C2)OC(C)C1O. The van der Waals surface area contributed by atoms with Crippen LogP contribution in [0.1, 0.15) is 85.0 Å². The molecule has 0 bridgehead atoms. The number of cyclic esters (lactones) is 1. The first-order valence-corrected chi connectivity index (χ1v) is 14.8. The molecule has 8 heteroatoms. The maximum absolute atomic E-state index is 12.4. The summed E-state index contributed by atoms with van der Waals surface area (Å²) in [6, 6.07) is 0. The normalized spacial score (nSPS) is 54.5. The predicted molar refractivity (Wildman–Crippen MR) is 138 cm³/mol. The van der Waals surface area contributed by atoms with Crippen molar-refractivity contribution in [3.63, 3.8) is 0 Å². The predicted octanol–water partition coefficient (Wildman–Crippen LogP) is 3.46. The van der Waals surface area contributed by atoms with Crippen LogP contribution in [0.4, 0.5) is 0 Å². The highest BCUT2D eigenvalue weighted by atomic mass is 16.8. The summed E-state index contributed by atoms with van der Waals surface area (Å²) in [6.07, 6.45) is 8.23. The van der Waals surface area contributed by atoms with E-state index in [0.29, 0.717) is 18.4 Å². The maximum atomic E-state index is 12.4. The first-order chi connectivity index (χ1) is 17.9. The van der Waals surface area contributed by atoms with Crippen LogP contribution in [0.25, 0.3) is 0 Å². The van der Waals surface area contributed by atoms with Gasteiger partial charge in [0.15, 0.2) is 0 Å². The third kappa shape index (κ3) is 3.96. The van der Waals surface area contributed by atoms with Gasteiger partial charge in [-0.2, -0.15) is 0 Å². The van der Waals surface area contributed by atoms with E-state index in [1.807, 2.05) is 0 Å². The Morgan fingerprint density at radius 2 is 1.82 bits per heavy atom. The zero-order valence-electron chi connectivity index (χ0n) is 23.4. The summed E-state index contributed by atoms with van der Waals surface area (Å²) >= 11 is 0. The van der Waals surface area contributed by atoms with Crippen molar-refractivity contribution in [2.75, 3.05) is 13.7 Å². The maximum Gasteiger partial charge on any atom is 0.331 e. The molecule has 4 saturated carbocycles. The third-order valence-electron chi connectivity index (χ3n) is 12.3. The molecular weight excluding hydrogens is 488 g/mol. The standard InChI is InChI=1S/C30H46O8/c1-17-26(32)24(35-4)15-30(34,37-17)38-20-7-10-27(2)19(14-20)5-6-23-22(27)8-11-28(3)21(9-12-29(23,28)33)18-13-25(31)36-16-18/h13,17,19-24,26,32-34H,5-12,14-16H2,1-4H3. The van der Waals surface area contributed by atoms with Crippen molar-refractivity contribution in [3.05, 3.63) is 11.6 Å². The molecule has 4 aliphatic carbocycles. The van der Waals surface area contributed by atoms with Crippen molar-refractivity contribution in [3.8, 4) is 0 Å². The number of carbonyl (C=O) groups excluding carboxylic acids is 1. The zero-order valence-corrected chi connectivity index (χ0v) is 23.4. The molecule has 2 aliphatic heterocycles. The number of hydrogen-bond donors (Lipinski definition) is 3. The van der Waals surface area contributed by atoms with Gasteiger partial charge in [-0.05, 0) is 99.4 Å². The average molecular weight is 535 g/mol. The first kappa shape index (κ1) is 27.2. The van der Waals surface area contributed by atoms with Gasteiger partial charge < -0.3 is 34.3 Å². The van der Waals surface area contributed by atoms with E-state index in [9.17, 15) is 20.1 Å². The molecule has 12 unspecified atom stereocenters. The Labute approximate surface area is 226 Å². The lowest BCUT2D eigenvalue weighted by atomic mass is 9.43. The van der Waals surface area contributed by atoms with E-state index in [1.165, 1.54) is 7.11 Å². The number of aliphatic hydroxyl groups excluding tert-OH is 1. The fourth-order valence-corrected chi connectivity index (χ4v) is 10.1. The van der Waals surface area contributed by atoms with Gasteiger partial charge in [0.1, 0.15) is 12.7 Å². The Morgan fingerprint density at radius 3 is 2.53 bits per heavy atom. The number of esters is 1. The second kappa shape index (κ2) is 9.25. The minimum Gasteiger partial charge on any atom is -0.458 e. The van der Waals surface area contributed by atoms with E-state index < -0.39 is 29.9 Å². The van der Waals surface area contributed by atoms with Gasteiger partial charge in [0.25, 0.3) is 5.97 Å². The van der Waals surface area contributed by atoms with Crippen molar-refractivity contribution in [1.82, 2.24) is 0 Å². The lowest BCUT2D eigenvalue weighted by Crippen LogP contribution is -2.62. The number of rotatable bonds is 4. The fraction of sp³-hybridized carbons (Fsp3) is 0.900. The first-order valence-electron chi connectivity index (χ1n) is 14.8. The van der Waals surface area contributed by atoms with E-state index >= 15 is 0 Å². The van der Waals surface area contributed by atoms with Crippen LogP contribution >= 0.6 is 0 Å². The Hall–Kier alpha value is -1.03. The Balaban J connectivity index is 1.16. The third-order valence-corrected chi connectivity index (χ3v) is 12.3. The monoisotopic (exact) mass is 534 g/mol. The van der Waals surface area contributed by atoms with Crippen LogP contribution in [0.2, 0.25) is 0 Å². The van der Waals surface area contributed by atoms with Gasteiger partial charge >= 0.3 is 5.97 Å². The topological polar surface area (TPSA) is 115 Å². The van der Waals surface area contributed by atoms with Gasteiger partial charge in [-0.15, -0.1) is 0 Å².